The molecular weight excluding hydrogens is 520 g/mol. The summed E-state index contributed by atoms with van der Waals surface area (Å²) in [6.07, 6.45) is 4.81. The van der Waals surface area contributed by atoms with Crippen molar-refractivity contribution in [1.29, 1.82) is 0 Å². The standard InChI is InChI=1S/C27H22Cl2FN3O4/c28-19-3-10-24(25(29)13-19)27(16-33-12-11-31-17-33)36-15-23(37-27)14-35-22-8-6-21(7-9-22)32-26(34)18-1-4-20(30)5-2-18/h1-13,17,23H,14-16H2,(H,32,34). The minimum atomic E-state index is -1.13. The molecule has 1 N–H and O–H groups in total. The van der Waals surface area contributed by atoms with Crippen molar-refractivity contribution in [2.45, 2.75) is 18.4 Å². The minimum Gasteiger partial charge on any atom is -0.491 e. The maximum atomic E-state index is 13.1. The lowest BCUT2D eigenvalue weighted by Crippen LogP contribution is -2.34. The van der Waals surface area contributed by atoms with Crippen LogP contribution in [-0.2, 0) is 21.8 Å². The molecule has 1 saturated heterocycles. The number of anilines is 1. The number of nitrogens with one attached hydrogen (secondary N) is 1. The number of rotatable bonds is 8. The maximum Gasteiger partial charge on any atom is 0.255 e. The van der Waals surface area contributed by atoms with E-state index in [-0.39, 0.29) is 18.6 Å². The van der Waals surface area contributed by atoms with Gasteiger partial charge in [0.25, 0.3) is 5.91 Å². The molecule has 5 rings (SSSR count). The first kappa shape index (κ1) is 25.2. The molecule has 2 atom stereocenters. The van der Waals surface area contributed by atoms with Crippen molar-refractivity contribution in [2.24, 2.45) is 0 Å². The number of amides is 1. The number of hydrogen-bond donors (Lipinski definition) is 1. The predicted octanol–water partition coefficient (Wildman–Crippen LogP) is 5.93. The van der Waals surface area contributed by atoms with Crippen molar-refractivity contribution < 1.29 is 23.4 Å². The molecule has 0 aliphatic carbocycles. The van der Waals surface area contributed by atoms with Crippen molar-refractivity contribution in [2.75, 3.05) is 18.5 Å². The number of benzene rings is 3. The van der Waals surface area contributed by atoms with Crippen LogP contribution in [0.2, 0.25) is 10.0 Å². The Morgan fingerprint density at radius 1 is 1.14 bits per heavy atom. The number of imidazole rings is 1. The number of carbonyl (C=O) groups excluding carboxylic acids is 1. The van der Waals surface area contributed by atoms with E-state index in [0.717, 1.165) is 0 Å². The Bertz CT molecular complexity index is 1370. The quantitative estimate of drug-likeness (QED) is 0.299. The first-order chi connectivity index (χ1) is 17.9. The van der Waals surface area contributed by atoms with Gasteiger partial charge in [0, 0.05) is 34.2 Å². The SMILES string of the molecule is O=C(Nc1ccc(OCC2COC(Cn3ccnc3)(c3ccc(Cl)cc3Cl)O2)cc1)c1ccc(F)cc1. The Labute approximate surface area is 222 Å². The second-order valence-electron chi connectivity index (χ2n) is 8.46. The molecule has 0 spiro atoms. The van der Waals surface area contributed by atoms with E-state index in [0.29, 0.717) is 45.8 Å². The highest BCUT2D eigenvalue weighted by atomic mass is 35.5. The van der Waals surface area contributed by atoms with Crippen molar-refractivity contribution in [3.05, 3.63) is 112 Å². The van der Waals surface area contributed by atoms with Crippen molar-refractivity contribution >= 4 is 34.8 Å². The largest absolute Gasteiger partial charge is 0.491 e. The summed E-state index contributed by atoms with van der Waals surface area (Å²) in [5, 5.41) is 3.72. The average molecular weight is 542 g/mol. The molecule has 37 heavy (non-hydrogen) atoms. The zero-order valence-electron chi connectivity index (χ0n) is 19.4. The molecule has 2 unspecified atom stereocenters. The molecule has 1 fully saturated rings. The number of nitrogens with zero attached hydrogens (tertiary/aromatic N) is 2. The van der Waals surface area contributed by atoms with Crippen LogP contribution in [0.3, 0.4) is 0 Å². The molecule has 4 aromatic rings. The summed E-state index contributed by atoms with van der Waals surface area (Å²) in [7, 11) is 0. The van der Waals surface area contributed by atoms with Gasteiger partial charge < -0.3 is 24.1 Å². The smallest absolute Gasteiger partial charge is 0.255 e. The van der Waals surface area contributed by atoms with Crippen molar-refractivity contribution in [3.63, 3.8) is 0 Å². The second-order valence-corrected chi connectivity index (χ2v) is 9.30. The third kappa shape index (κ3) is 5.94. The molecule has 3 aromatic carbocycles. The van der Waals surface area contributed by atoms with Gasteiger partial charge in [-0.15, -0.1) is 0 Å². The van der Waals surface area contributed by atoms with Crippen LogP contribution < -0.4 is 10.1 Å². The number of ether oxygens (including phenoxy) is 3. The summed E-state index contributed by atoms with van der Waals surface area (Å²) in [5.74, 6) is -1.27. The first-order valence-corrected chi connectivity index (χ1v) is 12.2. The van der Waals surface area contributed by atoms with E-state index in [1.807, 2.05) is 10.8 Å². The van der Waals surface area contributed by atoms with Gasteiger partial charge in [-0.25, -0.2) is 9.37 Å². The van der Waals surface area contributed by atoms with Crippen molar-refractivity contribution in [3.8, 4) is 5.75 Å². The fourth-order valence-electron chi connectivity index (χ4n) is 4.00. The fraction of sp³-hybridized carbons (Fsp3) is 0.185. The highest BCUT2D eigenvalue weighted by Gasteiger charge is 2.45. The van der Waals surface area contributed by atoms with Crippen LogP contribution in [0.1, 0.15) is 15.9 Å². The number of aromatic nitrogens is 2. The molecule has 10 heteroatoms. The molecule has 2 heterocycles. The molecular formula is C27H22Cl2FN3O4. The molecule has 1 aliphatic rings. The van der Waals surface area contributed by atoms with Gasteiger partial charge in [-0.05, 0) is 60.7 Å². The summed E-state index contributed by atoms with van der Waals surface area (Å²) in [6.45, 7) is 0.866. The van der Waals surface area contributed by atoms with E-state index < -0.39 is 11.6 Å². The van der Waals surface area contributed by atoms with Gasteiger partial charge in [-0.2, -0.15) is 0 Å². The number of halogens is 3. The van der Waals surface area contributed by atoms with Gasteiger partial charge in [-0.3, -0.25) is 4.79 Å². The van der Waals surface area contributed by atoms with Crippen LogP contribution in [0.25, 0.3) is 0 Å². The van der Waals surface area contributed by atoms with Gasteiger partial charge >= 0.3 is 0 Å². The lowest BCUT2D eigenvalue weighted by molar-refractivity contribution is -0.189. The van der Waals surface area contributed by atoms with Gasteiger partial charge in [-0.1, -0.05) is 29.3 Å². The van der Waals surface area contributed by atoms with Gasteiger partial charge in [0.15, 0.2) is 0 Å². The van der Waals surface area contributed by atoms with E-state index in [1.54, 1.807) is 55.0 Å². The molecule has 0 radical (unpaired) electrons. The van der Waals surface area contributed by atoms with E-state index in [9.17, 15) is 9.18 Å². The van der Waals surface area contributed by atoms with Crippen LogP contribution in [0, 0.1) is 5.82 Å². The predicted molar refractivity (Wildman–Crippen MR) is 137 cm³/mol. The summed E-state index contributed by atoms with van der Waals surface area (Å²) in [6, 6.07) is 17.5. The van der Waals surface area contributed by atoms with E-state index >= 15 is 0 Å². The van der Waals surface area contributed by atoms with E-state index in [2.05, 4.69) is 10.3 Å². The van der Waals surface area contributed by atoms with Gasteiger partial charge in [0.2, 0.25) is 5.79 Å². The number of hydrogen-bond acceptors (Lipinski definition) is 5. The fourth-order valence-corrected chi connectivity index (χ4v) is 4.56. The normalized spacial score (nSPS) is 19.1. The monoisotopic (exact) mass is 541 g/mol. The second kappa shape index (κ2) is 10.9. The van der Waals surface area contributed by atoms with Crippen LogP contribution in [-0.4, -0.2) is 34.8 Å². The van der Waals surface area contributed by atoms with Crippen molar-refractivity contribution in [1.82, 2.24) is 9.55 Å². The van der Waals surface area contributed by atoms with Crippen LogP contribution >= 0.6 is 23.2 Å². The molecule has 1 amide bonds. The molecule has 7 nitrogen and oxygen atoms in total. The summed E-state index contributed by atoms with van der Waals surface area (Å²) < 4.78 is 33.4. The highest BCUT2D eigenvalue weighted by molar-refractivity contribution is 6.35. The third-order valence-electron chi connectivity index (χ3n) is 5.81. The lowest BCUT2D eigenvalue weighted by Gasteiger charge is -2.30. The average Bonchev–Trinajstić information content (AvgIpc) is 3.54. The van der Waals surface area contributed by atoms with Crippen LogP contribution in [0.5, 0.6) is 5.75 Å². The first-order valence-electron chi connectivity index (χ1n) is 11.4. The van der Waals surface area contributed by atoms with Gasteiger partial charge in [0.1, 0.15) is 24.3 Å². The summed E-state index contributed by atoms with van der Waals surface area (Å²) >= 11 is 12.6. The topological polar surface area (TPSA) is 74.6 Å². The highest BCUT2D eigenvalue weighted by Crippen LogP contribution is 2.40. The Kier molecular flexibility index (Phi) is 7.43. The third-order valence-corrected chi connectivity index (χ3v) is 6.35. The van der Waals surface area contributed by atoms with Crippen LogP contribution in [0.4, 0.5) is 10.1 Å². The molecule has 0 saturated carbocycles. The Morgan fingerprint density at radius 3 is 2.62 bits per heavy atom. The van der Waals surface area contributed by atoms with Gasteiger partial charge in [0.05, 0.1) is 24.5 Å². The lowest BCUT2D eigenvalue weighted by atomic mass is 10.1. The zero-order valence-corrected chi connectivity index (χ0v) is 21.0. The summed E-state index contributed by atoms with van der Waals surface area (Å²) in [5.41, 5.74) is 1.61. The molecule has 190 valence electrons. The molecule has 1 aromatic heterocycles. The zero-order chi connectivity index (χ0) is 25.8. The Hall–Kier alpha value is -3.43. The number of carbonyl (C=O) groups is 1. The summed E-state index contributed by atoms with van der Waals surface area (Å²) in [4.78, 5) is 16.4. The molecule has 0 bridgehead atoms. The maximum absolute atomic E-state index is 13.1. The Balaban J connectivity index is 1.22. The van der Waals surface area contributed by atoms with Crippen LogP contribution in [0.15, 0.2) is 85.5 Å². The van der Waals surface area contributed by atoms with E-state index in [1.165, 1.54) is 24.3 Å². The Morgan fingerprint density at radius 2 is 1.92 bits per heavy atom. The minimum absolute atomic E-state index is 0.234. The van der Waals surface area contributed by atoms with E-state index in [4.69, 9.17) is 37.4 Å². The molecule has 1 aliphatic heterocycles.